The zero-order valence-corrected chi connectivity index (χ0v) is 14.7. The molecule has 0 radical (unpaired) electrons. The minimum atomic E-state index is 0.581. The Morgan fingerprint density at radius 1 is 0.870 bits per heavy atom. The first-order chi connectivity index (χ1) is 11.1. The minimum absolute atomic E-state index is 0.581. The van der Waals surface area contributed by atoms with Gasteiger partial charge in [-0.1, -0.05) is 85.1 Å². The third-order valence-electron chi connectivity index (χ3n) is 3.07. The van der Waals surface area contributed by atoms with E-state index in [-0.39, 0.29) is 0 Å². The molecular weight excluding hydrogens is 320 g/mol. The van der Waals surface area contributed by atoms with Crippen molar-refractivity contribution in [2.45, 2.75) is 13.8 Å². The Morgan fingerprint density at radius 3 is 1.96 bits per heavy atom. The Bertz CT molecular complexity index is 747. The second kappa shape index (κ2) is 8.46. The number of rotatable bonds is 4. The average molecular weight is 339 g/mol. The van der Waals surface area contributed by atoms with Crippen molar-refractivity contribution in [3.8, 4) is 0 Å². The van der Waals surface area contributed by atoms with Crippen LogP contribution in [0.2, 0.25) is 0 Å². The van der Waals surface area contributed by atoms with E-state index in [0.717, 1.165) is 22.5 Å². The number of hydrogen-bond acceptors (Lipinski definition) is 2. The molecule has 2 aromatic rings. The number of benzene rings is 2. The van der Waals surface area contributed by atoms with Crippen molar-refractivity contribution in [1.29, 1.82) is 0 Å². The number of thiocarbonyl (C=S) groups is 2. The zero-order chi connectivity index (χ0) is 16.7. The second-order valence-electron chi connectivity index (χ2n) is 5.07. The summed E-state index contributed by atoms with van der Waals surface area (Å²) in [6.45, 7) is 3.88. The van der Waals surface area contributed by atoms with Crippen molar-refractivity contribution in [3.63, 3.8) is 0 Å². The predicted molar refractivity (Wildman–Crippen MR) is 106 cm³/mol. The van der Waals surface area contributed by atoms with Gasteiger partial charge in [0.1, 0.15) is 9.98 Å². The summed E-state index contributed by atoms with van der Waals surface area (Å²) < 4.78 is 0. The molecule has 0 heterocycles. The van der Waals surface area contributed by atoms with Gasteiger partial charge < -0.3 is 5.32 Å². The zero-order valence-electron chi connectivity index (χ0n) is 13.1. The molecule has 0 aliphatic heterocycles. The van der Waals surface area contributed by atoms with Gasteiger partial charge in [0.2, 0.25) is 0 Å². The molecule has 4 heteroatoms. The van der Waals surface area contributed by atoms with Crippen LogP contribution in [0.4, 0.5) is 0 Å². The fourth-order valence-electron chi connectivity index (χ4n) is 2.03. The Labute approximate surface area is 148 Å². The summed E-state index contributed by atoms with van der Waals surface area (Å²) in [7, 11) is 0. The largest absolute Gasteiger partial charge is 0.350 e. The summed E-state index contributed by atoms with van der Waals surface area (Å²) in [5, 5.41) is 3.21. The maximum atomic E-state index is 5.40. The number of nitrogens with one attached hydrogen (secondary N) is 1. The summed E-state index contributed by atoms with van der Waals surface area (Å²) >= 11 is 10.7. The first-order valence-electron chi connectivity index (χ1n) is 7.25. The summed E-state index contributed by atoms with van der Waals surface area (Å²) in [6, 6.07) is 19.6. The van der Waals surface area contributed by atoms with E-state index in [1.54, 1.807) is 0 Å². The van der Waals surface area contributed by atoms with Crippen molar-refractivity contribution in [1.82, 2.24) is 5.32 Å². The van der Waals surface area contributed by atoms with Crippen molar-refractivity contribution in [2.75, 3.05) is 0 Å². The molecule has 0 saturated heterocycles. The van der Waals surface area contributed by atoms with Gasteiger partial charge in [-0.15, -0.1) is 0 Å². The highest BCUT2D eigenvalue weighted by Gasteiger charge is 2.01. The Hall–Kier alpha value is -2.17. The molecule has 0 unspecified atom stereocenters. The monoisotopic (exact) mass is 338 g/mol. The van der Waals surface area contributed by atoms with E-state index >= 15 is 0 Å². The van der Waals surface area contributed by atoms with Crippen LogP contribution >= 0.6 is 24.4 Å². The van der Waals surface area contributed by atoms with Crippen molar-refractivity contribution >= 4 is 40.1 Å². The predicted octanol–water partition coefficient (Wildman–Crippen LogP) is 4.69. The third kappa shape index (κ3) is 5.51. The van der Waals surface area contributed by atoms with Gasteiger partial charge in [-0.3, -0.25) is 0 Å². The molecule has 2 aromatic carbocycles. The fourth-order valence-corrected chi connectivity index (χ4v) is 2.61. The van der Waals surface area contributed by atoms with Crippen LogP contribution in [0.1, 0.15) is 25.0 Å². The molecule has 0 bridgehead atoms. The summed E-state index contributed by atoms with van der Waals surface area (Å²) in [4.78, 5) is 5.73. The van der Waals surface area contributed by atoms with Crippen LogP contribution in [0.3, 0.4) is 0 Å². The Kier molecular flexibility index (Phi) is 6.32. The topological polar surface area (TPSA) is 24.4 Å². The van der Waals surface area contributed by atoms with Gasteiger partial charge in [-0.2, -0.15) is 0 Å². The molecular formula is C19H18N2S2. The molecule has 23 heavy (non-hydrogen) atoms. The van der Waals surface area contributed by atoms with Gasteiger partial charge in [0.25, 0.3) is 0 Å². The molecule has 2 rings (SSSR count). The summed E-state index contributed by atoms with van der Waals surface area (Å²) in [5.41, 5.74) is 3.70. The van der Waals surface area contributed by atoms with E-state index in [1.165, 1.54) is 0 Å². The summed E-state index contributed by atoms with van der Waals surface area (Å²) in [6.07, 6.45) is 1.94. The van der Waals surface area contributed by atoms with Gasteiger partial charge in [0, 0.05) is 22.5 Å². The summed E-state index contributed by atoms with van der Waals surface area (Å²) in [5.74, 6) is 0. The van der Waals surface area contributed by atoms with E-state index in [0.29, 0.717) is 9.98 Å². The van der Waals surface area contributed by atoms with Gasteiger partial charge in [0.15, 0.2) is 0 Å². The molecule has 0 aromatic heterocycles. The highest BCUT2D eigenvalue weighted by molar-refractivity contribution is 7.81. The minimum Gasteiger partial charge on any atom is -0.350 e. The van der Waals surface area contributed by atoms with Gasteiger partial charge in [0.05, 0.1) is 0 Å². The van der Waals surface area contributed by atoms with E-state index in [9.17, 15) is 0 Å². The molecule has 2 nitrogen and oxygen atoms in total. The lowest BCUT2D eigenvalue weighted by molar-refractivity contribution is 1.14. The van der Waals surface area contributed by atoms with Crippen molar-refractivity contribution < 1.29 is 0 Å². The lowest BCUT2D eigenvalue weighted by atomic mass is 10.2. The van der Waals surface area contributed by atoms with Gasteiger partial charge in [-0.25, -0.2) is 4.99 Å². The van der Waals surface area contributed by atoms with Crippen LogP contribution < -0.4 is 5.32 Å². The van der Waals surface area contributed by atoms with E-state index < -0.39 is 0 Å². The lowest BCUT2D eigenvalue weighted by Gasteiger charge is -2.08. The van der Waals surface area contributed by atoms with Gasteiger partial charge >= 0.3 is 0 Å². The number of hydrogen-bond donors (Lipinski definition) is 1. The highest BCUT2D eigenvalue weighted by atomic mass is 32.1. The van der Waals surface area contributed by atoms with Crippen molar-refractivity contribution in [3.05, 3.63) is 83.6 Å². The number of allylic oxidation sites excluding steroid dienone is 2. The average Bonchev–Trinajstić information content (AvgIpc) is 2.56. The quantitative estimate of drug-likeness (QED) is 0.646. The maximum Gasteiger partial charge on any atom is 0.133 e. The van der Waals surface area contributed by atoms with Crippen molar-refractivity contribution in [2.24, 2.45) is 4.99 Å². The van der Waals surface area contributed by atoms with E-state index in [1.807, 2.05) is 80.6 Å². The van der Waals surface area contributed by atoms with Crippen LogP contribution in [0.15, 0.2) is 77.4 Å². The second-order valence-corrected chi connectivity index (χ2v) is 5.87. The molecule has 116 valence electrons. The van der Waals surface area contributed by atoms with E-state index in [2.05, 4.69) is 10.3 Å². The molecule has 0 saturated carbocycles. The SMILES string of the molecule is CC(=CC(C)=NC(=S)c1ccccc1)NC(=S)c1ccccc1. The first-order valence-corrected chi connectivity index (χ1v) is 8.07. The molecule has 0 aliphatic rings. The Balaban J connectivity index is 2.04. The van der Waals surface area contributed by atoms with Crippen LogP contribution in [0.5, 0.6) is 0 Å². The molecule has 0 aliphatic carbocycles. The molecule has 0 spiro atoms. The van der Waals surface area contributed by atoms with Crippen LogP contribution in [0.25, 0.3) is 0 Å². The smallest absolute Gasteiger partial charge is 0.133 e. The van der Waals surface area contributed by atoms with Gasteiger partial charge in [-0.05, 0) is 19.9 Å². The molecule has 0 atom stereocenters. The normalized spacial score (nSPS) is 11.9. The van der Waals surface area contributed by atoms with Crippen LogP contribution in [-0.4, -0.2) is 15.7 Å². The maximum absolute atomic E-state index is 5.40. The Morgan fingerprint density at radius 2 is 1.39 bits per heavy atom. The number of nitrogens with zero attached hydrogens (tertiary/aromatic N) is 1. The molecule has 1 N–H and O–H groups in total. The van der Waals surface area contributed by atoms with Crippen LogP contribution in [0, 0.1) is 0 Å². The van der Waals surface area contributed by atoms with E-state index in [4.69, 9.17) is 24.4 Å². The first kappa shape index (κ1) is 17.2. The highest BCUT2D eigenvalue weighted by Crippen LogP contribution is 2.04. The third-order valence-corrected chi connectivity index (χ3v) is 3.74. The standard InChI is InChI=1S/C19H18N2S2/c1-14(20-18(22)16-9-5-3-6-10-16)13-15(2)21-19(23)17-11-7-4-8-12-17/h3-13H,1-2H3,(H,20,22). The molecule has 0 fully saturated rings. The lowest BCUT2D eigenvalue weighted by Crippen LogP contribution is -2.20. The fraction of sp³-hybridized carbons (Fsp3) is 0.105. The number of aliphatic imine (C=N–C) groups is 1. The molecule has 0 amide bonds. The van der Waals surface area contributed by atoms with Crippen LogP contribution in [-0.2, 0) is 0 Å².